The number of amides is 1. The Morgan fingerprint density at radius 3 is 2.73 bits per heavy atom. The van der Waals surface area contributed by atoms with Crippen LogP contribution in [0, 0.1) is 0 Å². The van der Waals surface area contributed by atoms with Gasteiger partial charge in [0.2, 0.25) is 5.95 Å². The zero-order valence-electron chi connectivity index (χ0n) is 15.0. The van der Waals surface area contributed by atoms with Gasteiger partial charge in [-0.1, -0.05) is 25.9 Å². The van der Waals surface area contributed by atoms with Crippen LogP contribution in [0.4, 0.5) is 15.3 Å². The summed E-state index contributed by atoms with van der Waals surface area (Å²) in [7, 11) is 0. The minimum absolute atomic E-state index is 0.202. The van der Waals surface area contributed by atoms with Gasteiger partial charge in [0.15, 0.2) is 10.9 Å². The molecule has 138 valence electrons. The maximum absolute atomic E-state index is 12.9. The fraction of sp³-hybridized carbons (Fsp3) is 0.294. The molecule has 2 aromatic heterocycles. The smallest absolute Gasteiger partial charge is 0.276 e. The lowest BCUT2D eigenvalue weighted by Gasteiger charge is -2.11. The van der Waals surface area contributed by atoms with Crippen LogP contribution in [0.2, 0.25) is 0 Å². The highest BCUT2D eigenvalue weighted by atomic mass is 32.1. The number of rotatable bonds is 6. The lowest BCUT2D eigenvalue weighted by atomic mass is 9.93. The van der Waals surface area contributed by atoms with Crippen molar-refractivity contribution in [1.82, 2.24) is 10.1 Å². The molecule has 0 atom stereocenters. The first kappa shape index (κ1) is 19.5. The molecule has 7 nitrogen and oxygen atoms in total. The van der Waals surface area contributed by atoms with Crippen LogP contribution >= 0.6 is 11.3 Å². The van der Waals surface area contributed by atoms with Gasteiger partial charge in [-0.15, -0.1) is 11.3 Å². The molecule has 2 rings (SSSR count). The normalized spacial score (nSPS) is 12.8. The third-order valence-electron chi connectivity index (χ3n) is 3.15. The Morgan fingerprint density at radius 1 is 1.38 bits per heavy atom. The topological polar surface area (TPSA) is 92.4 Å². The molecule has 0 saturated carbocycles. The number of allylic oxidation sites excluding steroid dienone is 3. The largest absolute Gasteiger partial charge is 0.359 e. The fourth-order valence-corrected chi connectivity index (χ4v) is 2.51. The summed E-state index contributed by atoms with van der Waals surface area (Å²) in [6, 6.07) is 1.69. The molecular formula is C17H20FN5O2S. The Labute approximate surface area is 154 Å². The number of carbonyl (C=O) groups excluding carboxylic acids is 1. The Kier molecular flexibility index (Phi) is 6.04. The minimum atomic E-state index is -0.687. The van der Waals surface area contributed by atoms with Crippen LogP contribution in [0.5, 0.6) is 0 Å². The van der Waals surface area contributed by atoms with E-state index >= 15 is 0 Å². The number of hydrogen-bond donors (Lipinski definition) is 2. The van der Waals surface area contributed by atoms with Crippen LogP contribution in [0.15, 0.2) is 44.8 Å². The first-order valence-corrected chi connectivity index (χ1v) is 8.59. The number of aliphatic imine (C=N–C) groups is 1. The number of thiazole rings is 1. The molecular weight excluding hydrogens is 357 g/mol. The molecule has 0 aliphatic rings. The second-order valence-electron chi connectivity index (χ2n) is 6.44. The quantitative estimate of drug-likeness (QED) is 0.439. The predicted octanol–water partition coefficient (Wildman–Crippen LogP) is 4.51. The number of aromatic nitrogens is 2. The lowest BCUT2D eigenvalue weighted by molar-refractivity contribution is 0.102. The first-order chi connectivity index (χ1) is 12.2. The van der Waals surface area contributed by atoms with E-state index in [1.807, 2.05) is 20.8 Å². The molecule has 2 N–H and O–H groups in total. The highest BCUT2D eigenvalue weighted by molar-refractivity contribution is 7.14. The van der Waals surface area contributed by atoms with E-state index in [1.54, 1.807) is 18.4 Å². The van der Waals surface area contributed by atoms with Gasteiger partial charge in [0.1, 0.15) is 11.5 Å². The van der Waals surface area contributed by atoms with E-state index in [-0.39, 0.29) is 11.1 Å². The summed E-state index contributed by atoms with van der Waals surface area (Å²) >= 11 is 1.25. The second kappa shape index (κ2) is 8.05. The number of carbonyl (C=O) groups is 1. The molecule has 9 heteroatoms. The third-order valence-corrected chi connectivity index (χ3v) is 3.91. The van der Waals surface area contributed by atoms with Gasteiger partial charge in [-0.3, -0.25) is 4.79 Å². The van der Waals surface area contributed by atoms with Gasteiger partial charge in [-0.25, -0.2) is 9.98 Å². The van der Waals surface area contributed by atoms with Crippen LogP contribution in [0.25, 0.3) is 0 Å². The molecule has 2 aromatic rings. The molecule has 1 amide bonds. The molecule has 0 unspecified atom stereocenters. The SMILES string of the molecule is C=N/C(F)=C\C=C(/C)Nc1nc(C(=O)Nc2cc(C(C)(C)C)on2)cs1. The average molecular weight is 377 g/mol. The maximum atomic E-state index is 12.9. The summed E-state index contributed by atoms with van der Waals surface area (Å²) in [6.45, 7) is 10.8. The van der Waals surface area contributed by atoms with Crippen LogP contribution in [0.1, 0.15) is 43.9 Å². The number of halogens is 1. The van der Waals surface area contributed by atoms with E-state index in [2.05, 4.69) is 32.5 Å². The summed E-state index contributed by atoms with van der Waals surface area (Å²) in [6.07, 6.45) is 2.67. The van der Waals surface area contributed by atoms with Gasteiger partial charge in [0.25, 0.3) is 5.91 Å². The Morgan fingerprint density at radius 2 is 2.12 bits per heavy atom. The summed E-state index contributed by atoms with van der Waals surface area (Å²) in [5.74, 6) is -0.0846. The van der Waals surface area contributed by atoms with E-state index in [0.29, 0.717) is 22.4 Å². The Hall–Kier alpha value is -2.81. The molecule has 0 aliphatic heterocycles. The lowest BCUT2D eigenvalue weighted by Crippen LogP contribution is -2.13. The van der Waals surface area contributed by atoms with Crippen LogP contribution in [-0.2, 0) is 5.41 Å². The molecule has 0 saturated heterocycles. The van der Waals surface area contributed by atoms with E-state index in [0.717, 1.165) is 0 Å². The maximum Gasteiger partial charge on any atom is 0.276 e. The predicted molar refractivity (Wildman–Crippen MR) is 101 cm³/mol. The molecule has 2 heterocycles. The van der Waals surface area contributed by atoms with E-state index in [1.165, 1.54) is 23.5 Å². The third kappa shape index (κ3) is 5.35. The summed E-state index contributed by atoms with van der Waals surface area (Å²) in [4.78, 5) is 19.6. The molecule has 0 fully saturated rings. The van der Waals surface area contributed by atoms with Gasteiger partial charge < -0.3 is 15.2 Å². The Balaban J connectivity index is 2.01. The summed E-state index contributed by atoms with van der Waals surface area (Å²) in [5.41, 5.74) is 0.670. The van der Waals surface area contributed by atoms with Crippen LogP contribution in [-0.4, -0.2) is 22.8 Å². The molecule has 0 bridgehead atoms. The van der Waals surface area contributed by atoms with Crippen molar-refractivity contribution in [3.63, 3.8) is 0 Å². The zero-order valence-corrected chi connectivity index (χ0v) is 15.8. The van der Waals surface area contributed by atoms with Gasteiger partial charge in [0, 0.05) is 22.6 Å². The summed E-state index contributed by atoms with van der Waals surface area (Å²) < 4.78 is 18.1. The number of nitrogens with one attached hydrogen (secondary N) is 2. The van der Waals surface area contributed by atoms with Gasteiger partial charge in [0.05, 0.1) is 0 Å². The molecule has 0 aliphatic carbocycles. The first-order valence-electron chi connectivity index (χ1n) is 7.71. The van der Waals surface area contributed by atoms with Crippen molar-refractivity contribution < 1.29 is 13.7 Å². The van der Waals surface area contributed by atoms with Gasteiger partial charge >= 0.3 is 0 Å². The van der Waals surface area contributed by atoms with Crippen molar-refractivity contribution in [1.29, 1.82) is 0 Å². The zero-order chi connectivity index (χ0) is 19.3. The standard InChI is InChI=1S/C17H20FN5O2S/c1-10(6-7-13(18)19-5)20-16-21-11(9-26-16)15(24)22-14-8-12(25-23-14)17(2,3)4/h6-9H,5H2,1-4H3,(H,20,21)(H,22,23,24)/b10-6+,13-7-. The van der Waals surface area contributed by atoms with Crippen molar-refractivity contribution in [3.05, 3.63) is 46.7 Å². The summed E-state index contributed by atoms with van der Waals surface area (Å²) in [5, 5.41) is 11.6. The Bertz CT molecular complexity index is 861. The number of anilines is 2. The van der Waals surface area contributed by atoms with Crippen molar-refractivity contribution in [2.45, 2.75) is 33.1 Å². The van der Waals surface area contributed by atoms with Crippen LogP contribution < -0.4 is 10.6 Å². The number of nitrogens with zero attached hydrogens (tertiary/aromatic N) is 3. The molecule has 26 heavy (non-hydrogen) atoms. The van der Waals surface area contributed by atoms with E-state index in [9.17, 15) is 9.18 Å². The minimum Gasteiger partial charge on any atom is -0.359 e. The number of hydrogen-bond acceptors (Lipinski definition) is 7. The fourth-order valence-electron chi connectivity index (χ4n) is 1.76. The molecule has 0 aromatic carbocycles. The van der Waals surface area contributed by atoms with Crippen molar-refractivity contribution in [3.8, 4) is 0 Å². The molecule has 0 spiro atoms. The van der Waals surface area contributed by atoms with Crippen molar-refractivity contribution in [2.75, 3.05) is 10.6 Å². The molecule has 0 radical (unpaired) electrons. The average Bonchev–Trinajstić information content (AvgIpc) is 3.21. The van der Waals surface area contributed by atoms with Crippen molar-refractivity contribution >= 4 is 34.9 Å². The van der Waals surface area contributed by atoms with Crippen molar-refractivity contribution in [2.24, 2.45) is 4.99 Å². The van der Waals surface area contributed by atoms with E-state index in [4.69, 9.17) is 4.52 Å². The van der Waals surface area contributed by atoms with Crippen LogP contribution in [0.3, 0.4) is 0 Å². The highest BCUT2D eigenvalue weighted by Gasteiger charge is 2.21. The highest BCUT2D eigenvalue weighted by Crippen LogP contribution is 2.25. The monoisotopic (exact) mass is 377 g/mol. The van der Waals surface area contributed by atoms with Gasteiger partial charge in [-0.05, 0) is 25.8 Å². The van der Waals surface area contributed by atoms with E-state index < -0.39 is 11.9 Å². The second-order valence-corrected chi connectivity index (χ2v) is 7.30. The van der Waals surface area contributed by atoms with Gasteiger partial charge in [-0.2, -0.15) is 4.39 Å².